The molecular weight excluding hydrogens is 368 g/mol. The van der Waals surface area contributed by atoms with Gasteiger partial charge in [0, 0.05) is 10.5 Å². The molecule has 0 spiro atoms. The second-order valence-corrected chi connectivity index (χ2v) is 7.67. The fourth-order valence-corrected chi connectivity index (χ4v) is 4.32. The SMILES string of the molecule is COc1ccc(C2OC[C@H]3O[C@@H](Sc4ccccc4)[C@H](O)[C@@H](O)[C@@H]3O2)cc1. The Labute approximate surface area is 162 Å². The Balaban J connectivity index is 1.44. The molecule has 0 radical (unpaired) electrons. The average Bonchev–Trinajstić information content (AvgIpc) is 2.72. The second kappa shape index (κ2) is 8.18. The molecule has 2 N–H and O–H groups in total. The van der Waals surface area contributed by atoms with Crippen LogP contribution in [-0.2, 0) is 14.2 Å². The maximum atomic E-state index is 10.6. The van der Waals surface area contributed by atoms with Gasteiger partial charge in [-0.05, 0) is 24.3 Å². The summed E-state index contributed by atoms with van der Waals surface area (Å²) in [7, 11) is 1.61. The van der Waals surface area contributed by atoms with E-state index in [2.05, 4.69) is 0 Å². The van der Waals surface area contributed by atoms with Gasteiger partial charge in [-0.3, -0.25) is 0 Å². The molecule has 4 rings (SSSR count). The highest BCUT2D eigenvalue weighted by atomic mass is 32.2. The summed E-state index contributed by atoms with van der Waals surface area (Å²) in [6.45, 7) is 0.275. The van der Waals surface area contributed by atoms with Crippen molar-refractivity contribution in [2.75, 3.05) is 13.7 Å². The first kappa shape index (κ1) is 18.7. The number of benzene rings is 2. The largest absolute Gasteiger partial charge is 0.497 e. The number of hydrogen-bond acceptors (Lipinski definition) is 7. The minimum atomic E-state index is -1.06. The number of thioether (sulfide) groups is 1. The number of rotatable bonds is 4. The zero-order valence-electron chi connectivity index (χ0n) is 14.8. The van der Waals surface area contributed by atoms with E-state index in [4.69, 9.17) is 18.9 Å². The van der Waals surface area contributed by atoms with Crippen molar-refractivity contribution in [3.63, 3.8) is 0 Å². The normalized spacial score (nSPS) is 33.3. The van der Waals surface area contributed by atoms with Gasteiger partial charge in [0.05, 0.1) is 13.7 Å². The lowest BCUT2D eigenvalue weighted by Crippen LogP contribution is -2.60. The van der Waals surface area contributed by atoms with Crippen LogP contribution < -0.4 is 4.74 Å². The molecule has 0 aliphatic carbocycles. The van der Waals surface area contributed by atoms with Gasteiger partial charge in [0.25, 0.3) is 0 Å². The molecule has 2 aliphatic rings. The zero-order chi connectivity index (χ0) is 18.8. The van der Waals surface area contributed by atoms with Crippen molar-refractivity contribution in [1.29, 1.82) is 0 Å². The number of methoxy groups -OCH3 is 1. The highest BCUT2D eigenvalue weighted by molar-refractivity contribution is 7.99. The predicted octanol–water partition coefficient (Wildman–Crippen LogP) is 2.35. The van der Waals surface area contributed by atoms with E-state index >= 15 is 0 Å². The highest BCUT2D eigenvalue weighted by Crippen LogP contribution is 2.38. The molecule has 2 aromatic carbocycles. The standard InChI is InChI=1S/C20H22O6S/c1-23-13-9-7-12(8-10-13)19-24-11-15-18(26-19)16(21)17(22)20(25-15)27-14-5-3-2-4-6-14/h2-10,15-22H,11H2,1H3/t15-,16-,17-,18-,19?,20+/m1/s1. The first-order valence-corrected chi connectivity index (χ1v) is 9.68. The maximum absolute atomic E-state index is 10.6. The van der Waals surface area contributed by atoms with Gasteiger partial charge < -0.3 is 29.2 Å². The van der Waals surface area contributed by atoms with Crippen LogP contribution >= 0.6 is 11.8 Å². The lowest BCUT2D eigenvalue weighted by molar-refractivity contribution is -0.318. The van der Waals surface area contributed by atoms with Crippen molar-refractivity contribution in [2.45, 2.75) is 41.0 Å². The van der Waals surface area contributed by atoms with Gasteiger partial charge in [0.2, 0.25) is 0 Å². The Hall–Kier alpha value is -1.61. The molecule has 0 saturated carbocycles. The summed E-state index contributed by atoms with van der Waals surface area (Å²) in [5, 5.41) is 21.2. The average molecular weight is 390 g/mol. The molecule has 0 bridgehead atoms. The molecule has 2 saturated heterocycles. The summed E-state index contributed by atoms with van der Waals surface area (Å²) < 4.78 is 22.9. The van der Waals surface area contributed by atoms with Crippen molar-refractivity contribution in [3.05, 3.63) is 60.2 Å². The molecule has 27 heavy (non-hydrogen) atoms. The van der Waals surface area contributed by atoms with Gasteiger partial charge in [-0.1, -0.05) is 42.1 Å². The van der Waals surface area contributed by atoms with Gasteiger partial charge in [0.15, 0.2) is 6.29 Å². The van der Waals surface area contributed by atoms with Gasteiger partial charge in [0.1, 0.15) is 35.6 Å². The first-order valence-electron chi connectivity index (χ1n) is 8.80. The van der Waals surface area contributed by atoms with E-state index in [0.29, 0.717) is 0 Å². The monoisotopic (exact) mass is 390 g/mol. The van der Waals surface area contributed by atoms with Crippen molar-refractivity contribution >= 4 is 11.8 Å². The van der Waals surface area contributed by atoms with Crippen LogP contribution in [-0.4, -0.2) is 53.8 Å². The quantitative estimate of drug-likeness (QED) is 0.830. The van der Waals surface area contributed by atoms with Crippen LogP contribution in [0.15, 0.2) is 59.5 Å². The summed E-state index contributed by atoms with van der Waals surface area (Å²) in [5.41, 5.74) is 0.227. The smallest absolute Gasteiger partial charge is 0.184 e. The van der Waals surface area contributed by atoms with E-state index in [1.54, 1.807) is 7.11 Å². The van der Waals surface area contributed by atoms with Gasteiger partial charge in [-0.15, -0.1) is 0 Å². The van der Waals surface area contributed by atoms with E-state index in [1.165, 1.54) is 11.8 Å². The molecule has 0 aromatic heterocycles. The molecule has 6 atom stereocenters. The van der Waals surface area contributed by atoms with E-state index in [9.17, 15) is 10.2 Å². The van der Waals surface area contributed by atoms with Crippen LogP contribution in [0.25, 0.3) is 0 Å². The van der Waals surface area contributed by atoms with Crippen LogP contribution in [0.2, 0.25) is 0 Å². The molecular formula is C20H22O6S. The third kappa shape index (κ3) is 3.99. The molecule has 2 fully saturated rings. The Bertz CT molecular complexity index is 738. The summed E-state index contributed by atoms with van der Waals surface area (Å²) in [6.07, 6.45) is -3.85. The number of ether oxygens (including phenoxy) is 4. The molecule has 2 heterocycles. The van der Waals surface area contributed by atoms with Crippen molar-refractivity contribution in [3.8, 4) is 5.75 Å². The van der Waals surface area contributed by atoms with E-state index in [1.807, 2.05) is 54.6 Å². The van der Waals surface area contributed by atoms with Crippen LogP contribution in [0, 0.1) is 0 Å². The van der Waals surface area contributed by atoms with E-state index in [0.717, 1.165) is 16.2 Å². The topological polar surface area (TPSA) is 77.4 Å². The number of aliphatic hydroxyl groups excluding tert-OH is 2. The Morgan fingerprint density at radius 3 is 2.41 bits per heavy atom. The van der Waals surface area contributed by atoms with Crippen LogP contribution in [0.3, 0.4) is 0 Å². The molecule has 144 valence electrons. The van der Waals surface area contributed by atoms with Crippen molar-refractivity contribution in [1.82, 2.24) is 0 Å². The maximum Gasteiger partial charge on any atom is 0.184 e. The van der Waals surface area contributed by atoms with E-state index < -0.39 is 36.1 Å². The minimum Gasteiger partial charge on any atom is -0.497 e. The summed E-state index contributed by atoms with van der Waals surface area (Å²) in [4.78, 5) is 0.959. The molecule has 7 heteroatoms. The van der Waals surface area contributed by atoms with Gasteiger partial charge in [-0.2, -0.15) is 0 Å². The molecule has 0 amide bonds. The molecule has 1 unspecified atom stereocenters. The Kier molecular flexibility index (Phi) is 5.68. The Morgan fingerprint density at radius 1 is 0.963 bits per heavy atom. The third-order valence-electron chi connectivity index (χ3n) is 4.72. The number of aliphatic hydroxyl groups is 2. The third-order valence-corrected chi connectivity index (χ3v) is 5.88. The second-order valence-electron chi connectivity index (χ2n) is 6.49. The Morgan fingerprint density at radius 2 is 1.70 bits per heavy atom. The number of fused-ring (bicyclic) bond motifs is 1. The van der Waals surface area contributed by atoms with E-state index in [-0.39, 0.29) is 6.61 Å². The fourth-order valence-electron chi connectivity index (χ4n) is 3.24. The van der Waals surface area contributed by atoms with Crippen molar-refractivity contribution < 1.29 is 29.2 Å². The first-order chi connectivity index (χ1) is 13.2. The van der Waals surface area contributed by atoms with Gasteiger partial charge in [-0.25, -0.2) is 0 Å². The van der Waals surface area contributed by atoms with Gasteiger partial charge >= 0.3 is 0 Å². The minimum absolute atomic E-state index is 0.275. The lowest BCUT2D eigenvalue weighted by Gasteiger charge is -2.46. The molecule has 2 aromatic rings. The summed E-state index contributed by atoms with van der Waals surface area (Å²) in [5.74, 6) is 0.740. The summed E-state index contributed by atoms with van der Waals surface area (Å²) >= 11 is 1.38. The molecule has 2 aliphatic heterocycles. The lowest BCUT2D eigenvalue weighted by atomic mass is 9.99. The molecule has 6 nitrogen and oxygen atoms in total. The fraction of sp³-hybridized carbons (Fsp3) is 0.400. The van der Waals surface area contributed by atoms with Crippen molar-refractivity contribution in [2.24, 2.45) is 0 Å². The summed E-state index contributed by atoms with van der Waals surface area (Å²) in [6, 6.07) is 17.0. The zero-order valence-corrected chi connectivity index (χ0v) is 15.6. The number of hydrogen-bond donors (Lipinski definition) is 2. The van der Waals surface area contributed by atoms with Crippen LogP contribution in [0.1, 0.15) is 11.9 Å². The van der Waals surface area contributed by atoms with Crippen LogP contribution in [0.5, 0.6) is 5.75 Å². The highest BCUT2D eigenvalue weighted by Gasteiger charge is 2.49. The predicted molar refractivity (Wildman–Crippen MR) is 99.5 cm³/mol. The van der Waals surface area contributed by atoms with Crippen LogP contribution in [0.4, 0.5) is 0 Å².